The highest BCUT2D eigenvalue weighted by Crippen LogP contribution is 2.15. The number of carboxylic acids is 1. The van der Waals surface area contributed by atoms with Gasteiger partial charge in [0.1, 0.15) is 18.1 Å². The fraction of sp³-hybridized carbons (Fsp3) is 0.524. The molecule has 0 radical (unpaired) electrons. The SMILES string of the molecule is CC(C)CC(=O)N[C@H](C(=O)N[C@H](C(=O)N[C@@H](C)C(=O)O)c1ccccc1)C(C)C. The highest BCUT2D eigenvalue weighted by Gasteiger charge is 2.30. The first-order valence-electron chi connectivity index (χ1n) is 9.70. The van der Waals surface area contributed by atoms with Crippen LogP contribution in [0.25, 0.3) is 0 Å². The predicted octanol–water partition coefficient (Wildman–Crippen LogP) is 1.62. The molecule has 0 fully saturated rings. The first-order valence-corrected chi connectivity index (χ1v) is 9.70. The van der Waals surface area contributed by atoms with E-state index in [0.717, 1.165) is 0 Å². The van der Waals surface area contributed by atoms with Gasteiger partial charge in [-0.05, 0) is 24.3 Å². The van der Waals surface area contributed by atoms with E-state index in [9.17, 15) is 19.2 Å². The van der Waals surface area contributed by atoms with Crippen LogP contribution >= 0.6 is 0 Å². The average Bonchev–Trinajstić information content (AvgIpc) is 2.63. The second kappa shape index (κ2) is 11.2. The molecule has 8 heteroatoms. The number of amides is 3. The van der Waals surface area contributed by atoms with Crippen molar-refractivity contribution in [3.8, 4) is 0 Å². The van der Waals surface area contributed by atoms with Crippen LogP contribution in [-0.2, 0) is 19.2 Å². The maximum Gasteiger partial charge on any atom is 0.325 e. The lowest BCUT2D eigenvalue weighted by molar-refractivity contribution is -0.142. The minimum atomic E-state index is -1.18. The van der Waals surface area contributed by atoms with Crippen LogP contribution in [0.4, 0.5) is 0 Å². The van der Waals surface area contributed by atoms with E-state index in [1.807, 2.05) is 13.8 Å². The third-order valence-corrected chi connectivity index (χ3v) is 4.27. The molecule has 0 heterocycles. The largest absolute Gasteiger partial charge is 0.480 e. The van der Waals surface area contributed by atoms with E-state index in [-0.39, 0.29) is 24.2 Å². The number of carbonyl (C=O) groups is 4. The number of nitrogens with one attached hydrogen (secondary N) is 3. The van der Waals surface area contributed by atoms with Gasteiger partial charge in [0.25, 0.3) is 0 Å². The van der Waals surface area contributed by atoms with Gasteiger partial charge < -0.3 is 21.1 Å². The summed E-state index contributed by atoms with van der Waals surface area (Å²) in [5.74, 6) is -2.64. The second-order valence-corrected chi connectivity index (χ2v) is 7.81. The van der Waals surface area contributed by atoms with Crippen LogP contribution in [0.3, 0.4) is 0 Å². The van der Waals surface area contributed by atoms with Crippen LogP contribution in [0, 0.1) is 11.8 Å². The molecule has 0 aliphatic carbocycles. The second-order valence-electron chi connectivity index (χ2n) is 7.81. The predicted molar refractivity (Wildman–Crippen MR) is 109 cm³/mol. The molecule has 4 N–H and O–H groups in total. The minimum Gasteiger partial charge on any atom is -0.480 e. The topological polar surface area (TPSA) is 125 Å². The van der Waals surface area contributed by atoms with Crippen molar-refractivity contribution < 1.29 is 24.3 Å². The summed E-state index contributed by atoms with van der Waals surface area (Å²) in [5.41, 5.74) is 0.506. The molecule has 0 aromatic heterocycles. The lowest BCUT2D eigenvalue weighted by atomic mass is 10.00. The summed E-state index contributed by atoms with van der Waals surface area (Å²) < 4.78 is 0. The molecular formula is C21H31N3O5. The zero-order valence-electron chi connectivity index (χ0n) is 17.6. The van der Waals surface area contributed by atoms with Crippen molar-refractivity contribution in [3.63, 3.8) is 0 Å². The van der Waals surface area contributed by atoms with Crippen LogP contribution in [0.15, 0.2) is 30.3 Å². The van der Waals surface area contributed by atoms with Gasteiger partial charge in [-0.15, -0.1) is 0 Å². The van der Waals surface area contributed by atoms with E-state index in [2.05, 4.69) is 16.0 Å². The quantitative estimate of drug-likeness (QED) is 0.471. The van der Waals surface area contributed by atoms with Crippen LogP contribution in [0.2, 0.25) is 0 Å². The molecule has 3 atom stereocenters. The van der Waals surface area contributed by atoms with Gasteiger partial charge in [0.15, 0.2) is 0 Å². The molecule has 1 rings (SSSR count). The fourth-order valence-corrected chi connectivity index (χ4v) is 2.67. The van der Waals surface area contributed by atoms with Gasteiger partial charge in [-0.1, -0.05) is 58.0 Å². The van der Waals surface area contributed by atoms with Crippen molar-refractivity contribution in [2.75, 3.05) is 0 Å². The zero-order valence-corrected chi connectivity index (χ0v) is 17.6. The lowest BCUT2D eigenvalue weighted by Crippen LogP contribution is -2.53. The molecule has 0 unspecified atom stereocenters. The Morgan fingerprint density at radius 3 is 1.93 bits per heavy atom. The Kier molecular flexibility index (Phi) is 9.31. The molecule has 8 nitrogen and oxygen atoms in total. The molecule has 0 bridgehead atoms. The Morgan fingerprint density at radius 2 is 1.45 bits per heavy atom. The summed E-state index contributed by atoms with van der Waals surface area (Å²) in [6.07, 6.45) is 0.287. The third-order valence-electron chi connectivity index (χ3n) is 4.27. The van der Waals surface area contributed by atoms with Crippen LogP contribution in [0.5, 0.6) is 0 Å². The number of benzene rings is 1. The van der Waals surface area contributed by atoms with Crippen molar-refractivity contribution in [2.45, 2.75) is 59.2 Å². The summed E-state index contributed by atoms with van der Waals surface area (Å²) in [7, 11) is 0. The molecule has 3 amide bonds. The average molecular weight is 405 g/mol. The van der Waals surface area contributed by atoms with Gasteiger partial charge in [0.05, 0.1) is 0 Å². The molecule has 0 aliphatic heterocycles. The maximum absolute atomic E-state index is 12.9. The van der Waals surface area contributed by atoms with Gasteiger partial charge in [0.2, 0.25) is 17.7 Å². The summed E-state index contributed by atoms with van der Waals surface area (Å²) in [6.45, 7) is 8.74. The first-order chi connectivity index (χ1) is 13.5. The highest BCUT2D eigenvalue weighted by atomic mass is 16.4. The van der Waals surface area contributed by atoms with E-state index >= 15 is 0 Å². The zero-order chi connectivity index (χ0) is 22.1. The van der Waals surface area contributed by atoms with Crippen molar-refractivity contribution in [1.29, 1.82) is 0 Å². The number of hydrogen-bond donors (Lipinski definition) is 4. The van der Waals surface area contributed by atoms with Gasteiger partial charge in [-0.3, -0.25) is 19.2 Å². The van der Waals surface area contributed by atoms with Crippen molar-refractivity contribution in [2.24, 2.45) is 11.8 Å². The van der Waals surface area contributed by atoms with E-state index < -0.39 is 35.9 Å². The molecule has 0 spiro atoms. The summed E-state index contributed by atoms with van der Waals surface area (Å²) >= 11 is 0. The Hall–Kier alpha value is -2.90. The highest BCUT2D eigenvalue weighted by molar-refractivity contribution is 5.94. The molecule has 0 saturated carbocycles. The Labute approximate surface area is 171 Å². The summed E-state index contributed by atoms with van der Waals surface area (Å²) in [4.78, 5) is 48.8. The van der Waals surface area contributed by atoms with Crippen LogP contribution < -0.4 is 16.0 Å². The fourth-order valence-electron chi connectivity index (χ4n) is 2.67. The standard InChI is InChI=1S/C21H31N3O5/c1-12(2)11-16(25)23-17(13(3)4)19(26)24-18(15-9-7-6-8-10-15)20(27)22-14(5)21(28)29/h6-10,12-14,17-18H,11H2,1-5H3,(H,22,27)(H,23,25)(H,24,26)(H,28,29)/t14-,17-,18-/m0/s1. The first kappa shape index (κ1) is 24.1. The number of rotatable bonds is 10. The minimum absolute atomic E-state index is 0.145. The number of carbonyl (C=O) groups excluding carboxylic acids is 3. The number of hydrogen-bond acceptors (Lipinski definition) is 4. The molecule has 0 aliphatic rings. The smallest absolute Gasteiger partial charge is 0.325 e. The Morgan fingerprint density at radius 1 is 0.862 bits per heavy atom. The molecular weight excluding hydrogens is 374 g/mol. The van der Waals surface area contributed by atoms with Gasteiger partial charge in [-0.2, -0.15) is 0 Å². The number of aliphatic carboxylic acids is 1. The molecule has 160 valence electrons. The van der Waals surface area contributed by atoms with Gasteiger partial charge in [-0.25, -0.2) is 0 Å². The molecule has 1 aromatic rings. The maximum atomic E-state index is 12.9. The molecule has 1 aromatic carbocycles. The Bertz CT molecular complexity index is 718. The summed E-state index contributed by atoms with van der Waals surface area (Å²) in [5, 5.41) is 16.8. The third kappa shape index (κ3) is 7.93. The van der Waals surface area contributed by atoms with E-state index in [1.165, 1.54) is 6.92 Å². The van der Waals surface area contributed by atoms with Crippen LogP contribution in [-0.4, -0.2) is 40.9 Å². The Balaban J connectivity index is 3.03. The normalized spacial score (nSPS) is 14.0. The van der Waals surface area contributed by atoms with E-state index in [1.54, 1.807) is 44.2 Å². The lowest BCUT2D eigenvalue weighted by Gasteiger charge is -2.26. The van der Waals surface area contributed by atoms with Crippen molar-refractivity contribution in [1.82, 2.24) is 16.0 Å². The monoisotopic (exact) mass is 405 g/mol. The number of carboxylic acid groups (broad SMARTS) is 1. The van der Waals surface area contributed by atoms with Crippen LogP contribution in [0.1, 0.15) is 52.6 Å². The van der Waals surface area contributed by atoms with Crippen molar-refractivity contribution in [3.05, 3.63) is 35.9 Å². The van der Waals surface area contributed by atoms with E-state index in [4.69, 9.17) is 5.11 Å². The van der Waals surface area contributed by atoms with Gasteiger partial charge >= 0.3 is 5.97 Å². The van der Waals surface area contributed by atoms with Crippen molar-refractivity contribution >= 4 is 23.7 Å². The van der Waals surface area contributed by atoms with E-state index in [0.29, 0.717) is 5.56 Å². The summed E-state index contributed by atoms with van der Waals surface area (Å²) in [6, 6.07) is 5.50. The molecule has 0 saturated heterocycles. The molecule has 29 heavy (non-hydrogen) atoms. The van der Waals surface area contributed by atoms with Gasteiger partial charge in [0, 0.05) is 6.42 Å².